The van der Waals surface area contributed by atoms with Crippen molar-refractivity contribution in [2.24, 2.45) is 0 Å². The highest BCUT2D eigenvalue weighted by molar-refractivity contribution is 5.41. The minimum Gasteiger partial charge on any atom is -0.399 e. The molecule has 16 heavy (non-hydrogen) atoms. The zero-order valence-corrected chi connectivity index (χ0v) is 10.4. The van der Waals surface area contributed by atoms with Gasteiger partial charge in [-0.25, -0.2) is 0 Å². The van der Waals surface area contributed by atoms with E-state index < -0.39 is 0 Å². The van der Waals surface area contributed by atoms with Gasteiger partial charge in [0, 0.05) is 11.2 Å². The van der Waals surface area contributed by atoms with Gasteiger partial charge in [0.1, 0.15) is 0 Å². The highest BCUT2D eigenvalue weighted by atomic mass is 15.2. The van der Waals surface area contributed by atoms with Gasteiger partial charge in [-0.3, -0.25) is 4.90 Å². The molecule has 1 saturated heterocycles. The van der Waals surface area contributed by atoms with Gasteiger partial charge < -0.3 is 5.73 Å². The van der Waals surface area contributed by atoms with Crippen molar-refractivity contribution in [1.82, 2.24) is 4.90 Å². The fraction of sp³-hybridized carbons (Fsp3) is 0.571. The Kier molecular flexibility index (Phi) is 3.20. The smallest absolute Gasteiger partial charge is 0.0433 e. The number of rotatable bonds is 3. The minimum atomic E-state index is 0.226. The molecule has 0 bridgehead atoms. The van der Waals surface area contributed by atoms with Crippen molar-refractivity contribution < 1.29 is 0 Å². The van der Waals surface area contributed by atoms with Crippen molar-refractivity contribution in [3.63, 3.8) is 0 Å². The quantitative estimate of drug-likeness (QED) is 0.790. The van der Waals surface area contributed by atoms with Crippen LogP contribution in [0.4, 0.5) is 5.69 Å². The van der Waals surface area contributed by atoms with Crippen LogP contribution in [-0.2, 0) is 5.54 Å². The highest BCUT2D eigenvalue weighted by Gasteiger charge is 2.37. The summed E-state index contributed by atoms with van der Waals surface area (Å²) in [5.41, 5.74) is 8.24. The van der Waals surface area contributed by atoms with Crippen molar-refractivity contribution >= 4 is 5.69 Å². The van der Waals surface area contributed by atoms with Crippen LogP contribution in [0.5, 0.6) is 0 Å². The Balaban J connectivity index is 2.26. The fourth-order valence-electron chi connectivity index (χ4n) is 2.82. The van der Waals surface area contributed by atoms with Crippen LogP contribution in [0.1, 0.15) is 38.7 Å². The van der Waals surface area contributed by atoms with E-state index in [9.17, 15) is 0 Å². The van der Waals surface area contributed by atoms with Crippen LogP contribution in [0.2, 0.25) is 0 Å². The molecule has 1 heterocycles. The molecule has 0 aliphatic carbocycles. The Morgan fingerprint density at radius 2 is 2.00 bits per heavy atom. The van der Waals surface area contributed by atoms with E-state index >= 15 is 0 Å². The second-order valence-corrected chi connectivity index (χ2v) is 4.99. The molecule has 2 rings (SSSR count). The number of benzene rings is 1. The van der Waals surface area contributed by atoms with Gasteiger partial charge in [-0.1, -0.05) is 19.1 Å². The number of likely N-dealkylation sites (tertiary alicyclic amines) is 1. The van der Waals surface area contributed by atoms with Gasteiger partial charge in [0.2, 0.25) is 0 Å². The number of nitrogens with two attached hydrogens (primary N) is 1. The molecule has 2 nitrogen and oxygen atoms in total. The van der Waals surface area contributed by atoms with Gasteiger partial charge in [-0.15, -0.1) is 0 Å². The first-order chi connectivity index (χ1) is 7.66. The minimum absolute atomic E-state index is 0.226. The normalized spacial score (nSPS) is 26.1. The largest absolute Gasteiger partial charge is 0.399 e. The molecule has 1 aromatic carbocycles. The maximum atomic E-state index is 5.75. The van der Waals surface area contributed by atoms with E-state index in [-0.39, 0.29) is 5.54 Å². The summed E-state index contributed by atoms with van der Waals surface area (Å²) in [7, 11) is 0. The average molecular weight is 218 g/mol. The van der Waals surface area contributed by atoms with Gasteiger partial charge >= 0.3 is 0 Å². The number of hydrogen-bond acceptors (Lipinski definition) is 2. The summed E-state index contributed by atoms with van der Waals surface area (Å²) in [4.78, 5) is 2.61. The lowest BCUT2D eigenvalue weighted by molar-refractivity contribution is 0.156. The fourth-order valence-corrected chi connectivity index (χ4v) is 2.82. The molecule has 2 heteroatoms. The first kappa shape index (κ1) is 11.5. The van der Waals surface area contributed by atoms with Crippen molar-refractivity contribution in [1.29, 1.82) is 0 Å². The molecule has 0 spiro atoms. The maximum Gasteiger partial charge on any atom is 0.0433 e. The van der Waals surface area contributed by atoms with E-state index in [4.69, 9.17) is 5.73 Å². The van der Waals surface area contributed by atoms with Gasteiger partial charge in [-0.2, -0.15) is 0 Å². The predicted molar refractivity (Wildman–Crippen MR) is 69.3 cm³/mol. The maximum absolute atomic E-state index is 5.75. The Labute approximate surface area is 98.4 Å². The summed E-state index contributed by atoms with van der Waals surface area (Å²) in [5.74, 6) is 0. The molecule has 0 saturated carbocycles. The second-order valence-electron chi connectivity index (χ2n) is 4.99. The summed E-state index contributed by atoms with van der Waals surface area (Å²) in [6.07, 6.45) is 3.79. The Hall–Kier alpha value is -1.02. The van der Waals surface area contributed by atoms with E-state index in [1.165, 1.54) is 37.9 Å². The lowest BCUT2D eigenvalue weighted by Gasteiger charge is -2.35. The van der Waals surface area contributed by atoms with E-state index in [2.05, 4.69) is 30.9 Å². The van der Waals surface area contributed by atoms with Crippen LogP contribution in [0.15, 0.2) is 24.3 Å². The molecule has 0 aromatic heterocycles. The third-order valence-electron chi connectivity index (χ3n) is 3.82. The van der Waals surface area contributed by atoms with E-state index in [1.807, 2.05) is 12.1 Å². The molecule has 1 unspecified atom stereocenters. The Morgan fingerprint density at radius 3 is 2.62 bits per heavy atom. The van der Waals surface area contributed by atoms with Gasteiger partial charge in [-0.05, 0) is 57.0 Å². The van der Waals surface area contributed by atoms with E-state index in [1.54, 1.807) is 0 Å². The summed E-state index contributed by atoms with van der Waals surface area (Å²) in [5, 5.41) is 0. The van der Waals surface area contributed by atoms with E-state index in [0.29, 0.717) is 0 Å². The number of hydrogen-bond donors (Lipinski definition) is 1. The summed E-state index contributed by atoms with van der Waals surface area (Å²) < 4.78 is 0. The van der Waals surface area contributed by atoms with E-state index in [0.717, 1.165) is 5.69 Å². The van der Waals surface area contributed by atoms with Crippen molar-refractivity contribution in [3.05, 3.63) is 29.8 Å². The molecule has 1 aromatic rings. The van der Waals surface area contributed by atoms with Crippen molar-refractivity contribution in [3.8, 4) is 0 Å². The molecular weight excluding hydrogens is 196 g/mol. The number of nitrogens with zero attached hydrogens (tertiary/aromatic N) is 1. The summed E-state index contributed by atoms with van der Waals surface area (Å²) in [6, 6.07) is 8.40. The molecule has 0 radical (unpaired) electrons. The standard InChI is InChI=1S/C14H22N2/c1-3-10-16-11-4-9-14(16,2)12-5-7-13(15)8-6-12/h5-8H,3-4,9-11,15H2,1-2H3. The second kappa shape index (κ2) is 4.46. The first-order valence-corrected chi connectivity index (χ1v) is 6.28. The molecule has 2 N–H and O–H groups in total. The van der Waals surface area contributed by atoms with Crippen molar-refractivity contribution in [2.75, 3.05) is 18.8 Å². The third kappa shape index (κ3) is 1.94. The van der Waals surface area contributed by atoms with Crippen molar-refractivity contribution in [2.45, 2.75) is 38.6 Å². The summed E-state index contributed by atoms with van der Waals surface area (Å²) in [6.45, 7) is 7.04. The van der Waals surface area contributed by atoms with Crippen LogP contribution in [0, 0.1) is 0 Å². The predicted octanol–water partition coefficient (Wildman–Crippen LogP) is 2.99. The monoisotopic (exact) mass is 218 g/mol. The molecule has 88 valence electrons. The molecule has 1 aliphatic rings. The van der Waals surface area contributed by atoms with Gasteiger partial charge in [0.05, 0.1) is 0 Å². The number of anilines is 1. The number of nitrogen functional groups attached to an aromatic ring is 1. The highest BCUT2D eigenvalue weighted by Crippen LogP contribution is 2.38. The lowest BCUT2D eigenvalue weighted by atomic mass is 9.89. The summed E-state index contributed by atoms with van der Waals surface area (Å²) >= 11 is 0. The molecule has 0 amide bonds. The molecular formula is C14H22N2. The first-order valence-electron chi connectivity index (χ1n) is 6.28. The third-order valence-corrected chi connectivity index (χ3v) is 3.82. The van der Waals surface area contributed by atoms with Crippen LogP contribution in [-0.4, -0.2) is 18.0 Å². The molecule has 1 aliphatic heterocycles. The van der Waals surface area contributed by atoms with Gasteiger partial charge in [0.25, 0.3) is 0 Å². The molecule has 1 atom stereocenters. The van der Waals surface area contributed by atoms with Crippen LogP contribution < -0.4 is 5.73 Å². The SMILES string of the molecule is CCCN1CCCC1(C)c1ccc(N)cc1. The average Bonchev–Trinajstić information content (AvgIpc) is 2.63. The molecule has 1 fully saturated rings. The topological polar surface area (TPSA) is 29.3 Å². The Bertz CT molecular complexity index is 344. The van der Waals surface area contributed by atoms with Crippen LogP contribution in [0.3, 0.4) is 0 Å². The van der Waals surface area contributed by atoms with Crippen LogP contribution in [0.25, 0.3) is 0 Å². The van der Waals surface area contributed by atoms with Gasteiger partial charge in [0.15, 0.2) is 0 Å². The zero-order chi connectivity index (χ0) is 11.6. The van der Waals surface area contributed by atoms with Crippen LogP contribution >= 0.6 is 0 Å². The Morgan fingerprint density at radius 1 is 1.31 bits per heavy atom. The lowest BCUT2D eigenvalue weighted by Crippen LogP contribution is -2.38. The zero-order valence-electron chi connectivity index (χ0n) is 10.4.